The molecule has 1 aliphatic rings. The first-order chi connectivity index (χ1) is 8.10. The fourth-order valence-corrected chi connectivity index (χ4v) is 2.59. The number of hydrogen-bond acceptors (Lipinski definition) is 5. The maximum Gasteiger partial charge on any atom is 0.202 e. The summed E-state index contributed by atoms with van der Waals surface area (Å²) in [6.07, 6.45) is 3.37. The number of anilines is 1. The SMILES string of the molecule is CC(C)CNc1nc(C2(C)CCCCO2)ns1. The number of aromatic nitrogens is 2. The minimum absolute atomic E-state index is 0.271. The van der Waals surface area contributed by atoms with Crippen molar-refractivity contribution in [2.24, 2.45) is 5.92 Å². The molecule has 0 aliphatic carbocycles. The van der Waals surface area contributed by atoms with Gasteiger partial charge in [-0.05, 0) is 32.1 Å². The van der Waals surface area contributed by atoms with E-state index in [1.54, 1.807) is 0 Å². The van der Waals surface area contributed by atoms with E-state index in [-0.39, 0.29) is 5.60 Å². The Labute approximate surface area is 107 Å². The van der Waals surface area contributed by atoms with Gasteiger partial charge in [0, 0.05) is 24.7 Å². The van der Waals surface area contributed by atoms with Crippen LogP contribution in [0.1, 0.15) is 45.9 Å². The summed E-state index contributed by atoms with van der Waals surface area (Å²) in [4.78, 5) is 4.55. The summed E-state index contributed by atoms with van der Waals surface area (Å²) in [5.41, 5.74) is -0.271. The van der Waals surface area contributed by atoms with Crippen molar-refractivity contribution >= 4 is 16.7 Å². The van der Waals surface area contributed by atoms with E-state index in [0.29, 0.717) is 5.92 Å². The van der Waals surface area contributed by atoms with Gasteiger partial charge >= 0.3 is 0 Å². The average Bonchev–Trinajstić information content (AvgIpc) is 2.76. The van der Waals surface area contributed by atoms with Crippen molar-refractivity contribution in [1.82, 2.24) is 9.36 Å². The molecule has 2 heterocycles. The molecular weight excluding hydrogens is 234 g/mol. The summed E-state index contributed by atoms with van der Waals surface area (Å²) < 4.78 is 10.3. The molecule has 96 valence electrons. The molecule has 2 rings (SSSR count). The van der Waals surface area contributed by atoms with Crippen molar-refractivity contribution < 1.29 is 4.74 Å². The van der Waals surface area contributed by atoms with E-state index in [2.05, 4.69) is 35.4 Å². The van der Waals surface area contributed by atoms with Crippen LogP contribution in [0.25, 0.3) is 0 Å². The van der Waals surface area contributed by atoms with Gasteiger partial charge in [0.05, 0.1) is 0 Å². The number of nitrogens with one attached hydrogen (secondary N) is 1. The molecule has 0 saturated carbocycles. The van der Waals surface area contributed by atoms with Gasteiger partial charge < -0.3 is 10.1 Å². The van der Waals surface area contributed by atoms with E-state index in [1.807, 2.05) is 0 Å². The number of nitrogens with zero attached hydrogens (tertiary/aromatic N) is 2. The maximum absolute atomic E-state index is 5.84. The molecule has 0 radical (unpaired) electrons. The second kappa shape index (κ2) is 5.31. The van der Waals surface area contributed by atoms with Crippen molar-refractivity contribution in [3.63, 3.8) is 0 Å². The van der Waals surface area contributed by atoms with Gasteiger partial charge in [-0.2, -0.15) is 4.37 Å². The lowest BCUT2D eigenvalue weighted by Crippen LogP contribution is -2.31. The third kappa shape index (κ3) is 3.16. The van der Waals surface area contributed by atoms with E-state index in [9.17, 15) is 0 Å². The second-order valence-electron chi connectivity index (χ2n) is 5.23. The van der Waals surface area contributed by atoms with Crippen LogP contribution in [0.5, 0.6) is 0 Å². The zero-order valence-electron chi connectivity index (χ0n) is 10.8. The summed E-state index contributed by atoms with van der Waals surface area (Å²) in [5.74, 6) is 1.46. The van der Waals surface area contributed by atoms with Crippen LogP contribution in [-0.2, 0) is 10.3 Å². The Morgan fingerprint density at radius 1 is 1.47 bits per heavy atom. The minimum atomic E-state index is -0.271. The number of ether oxygens (including phenoxy) is 1. The molecule has 0 amide bonds. The van der Waals surface area contributed by atoms with E-state index in [4.69, 9.17) is 4.74 Å². The highest BCUT2D eigenvalue weighted by Gasteiger charge is 2.34. The quantitative estimate of drug-likeness (QED) is 0.898. The molecule has 4 nitrogen and oxygen atoms in total. The zero-order chi connectivity index (χ0) is 12.3. The molecule has 1 fully saturated rings. The lowest BCUT2D eigenvalue weighted by Gasteiger charge is -2.31. The van der Waals surface area contributed by atoms with Gasteiger partial charge in [-0.25, -0.2) is 4.98 Å². The lowest BCUT2D eigenvalue weighted by atomic mass is 9.95. The fourth-order valence-electron chi connectivity index (χ4n) is 1.91. The van der Waals surface area contributed by atoms with E-state index in [0.717, 1.165) is 36.9 Å². The summed E-state index contributed by atoms with van der Waals surface area (Å²) in [6.45, 7) is 8.22. The van der Waals surface area contributed by atoms with E-state index < -0.39 is 0 Å². The first-order valence-corrected chi connectivity index (χ1v) is 7.09. The number of rotatable bonds is 4. The Kier molecular flexibility index (Phi) is 3.99. The first-order valence-electron chi connectivity index (χ1n) is 6.32. The monoisotopic (exact) mass is 255 g/mol. The van der Waals surface area contributed by atoms with Crippen LogP contribution in [0.15, 0.2) is 0 Å². The highest BCUT2D eigenvalue weighted by molar-refractivity contribution is 7.09. The lowest BCUT2D eigenvalue weighted by molar-refractivity contribution is -0.0752. The van der Waals surface area contributed by atoms with Gasteiger partial charge in [0.2, 0.25) is 5.13 Å². The van der Waals surface area contributed by atoms with Gasteiger partial charge in [0.25, 0.3) is 0 Å². The third-order valence-electron chi connectivity index (χ3n) is 3.03. The van der Waals surface area contributed by atoms with Crippen molar-refractivity contribution in [3.8, 4) is 0 Å². The van der Waals surface area contributed by atoms with Crippen molar-refractivity contribution in [1.29, 1.82) is 0 Å². The van der Waals surface area contributed by atoms with Crippen molar-refractivity contribution in [2.75, 3.05) is 18.5 Å². The van der Waals surface area contributed by atoms with Crippen LogP contribution < -0.4 is 5.32 Å². The fraction of sp³-hybridized carbons (Fsp3) is 0.833. The highest BCUT2D eigenvalue weighted by atomic mass is 32.1. The average molecular weight is 255 g/mol. The third-order valence-corrected chi connectivity index (χ3v) is 3.70. The minimum Gasteiger partial charge on any atom is -0.367 e. The Bertz CT molecular complexity index is 358. The molecule has 1 N–H and O–H groups in total. The normalized spacial score (nSPS) is 25.2. The van der Waals surface area contributed by atoms with Crippen LogP contribution in [0.4, 0.5) is 5.13 Å². The van der Waals surface area contributed by atoms with Gasteiger partial charge in [-0.15, -0.1) is 0 Å². The Morgan fingerprint density at radius 3 is 2.94 bits per heavy atom. The molecular formula is C12H21N3OS. The first kappa shape index (κ1) is 12.8. The maximum atomic E-state index is 5.84. The number of hydrogen-bond donors (Lipinski definition) is 1. The summed E-state index contributed by atoms with van der Waals surface area (Å²) in [6, 6.07) is 0. The highest BCUT2D eigenvalue weighted by Crippen LogP contribution is 2.34. The predicted molar refractivity (Wildman–Crippen MR) is 70.4 cm³/mol. The summed E-state index contributed by atoms with van der Waals surface area (Å²) >= 11 is 1.43. The molecule has 17 heavy (non-hydrogen) atoms. The van der Waals surface area contributed by atoms with Gasteiger partial charge in [0.1, 0.15) is 5.60 Å². The molecule has 1 aliphatic heterocycles. The van der Waals surface area contributed by atoms with Gasteiger partial charge in [0.15, 0.2) is 5.82 Å². The second-order valence-corrected chi connectivity index (χ2v) is 5.99. The molecule has 0 aromatic carbocycles. The Morgan fingerprint density at radius 2 is 2.29 bits per heavy atom. The smallest absolute Gasteiger partial charge is 0.202 e. The predicted octanol–water partition coefficient (Wildman–Crippen LogP) is 3.02. The van der Waals surface area contributed by atoms with Crippen LogP contribution in [0.2, 0.25) is 0 Å². The molecule has 5 heteroatoms. The molecule has 0 spiro atoms. The Balaban J connectivity index is 2.01. The van der Waals surface area contributed by atoms with E-state index in [1.165, 1.54) is 18.0 Å². The Hall–Kier alpha value is -0.680. The van der Waals surface area contributed by atoms with Crippen LogP contribution >= 0.6 is 11.5 Å². The van der Waals surface area contributed by atoms with Crippen LogP contribution in [0.3, 0.4) is 0 Å². The molecule has 1 saturated heterocycles. The summed E-state index contributed by atoms with van der Waals surface area (Å²) in [7, 11) is 0. The standard InChI is InChI=1S/C12H21N3OS/c1-9(2)8-13-11-14-10(15-17-11)12(3)6-4-5-7-16-12/h9H,4-8H2,1-3H3,(H,13,14,15). The van der Waals surface area contributed by atoms with Gasteiger partial charge in [-0.1, -0.05) is 13.8 Å². The zero-order valence-corrected chi connectivity index (χ0v) is 11.6. The molecule has 1 unspecified atom stereocenters. The molecule has 1 aromatic heterocycles. The molecule has 0 bridgehead atoms. The van der Waals surface area contributed by atoms with Crippen molar-refractivity contribution in [3.05, 3.63) is 5.82 Å². The largest absolute Gasteiger partial charge is 0.367 e. The van der Waals surface area contributed by atoms with Crippen molar-refractivity contribution in [2.45, 2.75) is 45.6 Å². The topological polar surface area (TPSA) is 47.0 Å². The molecule has 1 aromatic rings. The van der Waals surface area contributed by atoms with Crippen LogP contribution in [0, 0.1) is 5.92 Å². The summed E-state index contributed by atoms with van der Waals surface area (Å²) in [5, 5.41) is 4.22. The van der Waals surface area contributed by atoms with Gasteiger partial charge in [-0.3, -0.25) is 0 Å². The van der Waals surface area contributed by atoms with Crippen LogP contribution in [-0.4, -0.2) is 22.5 Å². The van der Waals surface area contributed by atoms with E-state index >= 15 is 0 Å². The molecule has 1 atom stereocenters.